The topological polar surface area (TPSA) is 58.6 Å². The predicted octanol–water partition coefficient (Wildman–Crippen LogP) is 4.00. The molecular weight excluding hydrogens is 347 g/mol. The Labute approximate surface area is 158 Å². The van der Waals surface area contributed by atoms with Gasteiger partial charge in [-0.05, 0) is 68.7 Å². The number of anilines is 2. The molecule has 2 aromatic carbocycles. The van der Waals surface area contributed by atoms with E-state index >= 15 is 0 Å². The number of halogens is 1. The lowest BCUT2D eigenvalue weighted by Gasteiger charge is -2.28. The fourth-order valence-electron chi connectivity index (χ4n) is 3.05. The molecular formula is C21H23FN2O3. The normalized spacial score (nSPS) is 15.1. The van der Waals surface area contributed by atoms with Crippen LogP contribution in [0.1, 0.15) is 36.5 Å². The first-order valence-corrected chi connectivity index (χ1v) is 9.15. The first kappa shape index (κ1) is 18.9. The molecule has 0 aliphatic carbocycles. The highest BCUT2D eigenvalue weighted by atomic mass is 19.1. The van der Waals surface area contributed by atoms with E-state index in [9.17, 15) is 14.0 Å². The van der Waals surface area contributed by atoms with Gasteiger partial charge in [-0.3, -0.25) is 4.79 Å². The van der Waals surface area contributed by atoms with Gasteiger partial charge in [0.25, 0.3) is 5.91 Å². The van der Waals surface area contributed by atoms with Gasteiger partial charge in [-0.2, -0.15) is 0 Å². The summed E-state index contributed by atoms with van der Waals surface area (Å²) in [7, 11) is 0. The highest BCUT2D eigenvalue weighted by Crippen LogP contribution is 2.22. The van der Waals surface area contributed by atoms with Gasteiger partial charge in [0.05, 0.1) is 5.56 Å². The molecule has 3 rings (SSSR count). The summed E-state index contributed by atoms with van der Waals surface area (Å²) >= 11 is 0. The maximum Gasteiger partial charge on any atom is 0.339 e. The molecule has 1 aliphatic rings. The number of esters is 1. The zero-order valence-electron chi connectivity index (χ0n) is 15.3. The molecule has 1 amide bonds. The fraction of sp³-hybridized carbons (Fsp3) is 0.333. The lowest BCUT2D eigenvalue weighted by Crippen LogP contribution is -2.30. The van der Waals surface area contributed by atoms with Gasteiger partial charge in [-0.1, -0.05) is 6.07 Å². The molecule has 1 atom stereocenters. The number of piperidine rings is 1. The monoisotopic (exact) mass is 370 g/mol. The van der Waals surface area contributed by atoms with Gasteiger partial charge < -0.3 is 15.0 Å². The van der Waals surface area contributed by atoms with Gasteiger partial charge >= 0.3 is 5.97 Å². The Morgan fingerprint density at radius 1 is 1.07 bits per heavy atom. The van der Waals surface area contributed by atoms with Crippen LogP contribution in [0.2, 0.25) is 0 Å². The second-order valence-electron chi connectivity index (χ2n) is 6.64. The number of ether oxygens (including phenoxy) is 1. The average Bonchev–Trinajstić information content (AvgIpc) is 2.69. The molecule has 142 valence electrons. The number of rotatable bonds is 5. The molecule has 0 spiro atoms. The third-order valence-electron chi connectivity index (χ3n) is 4.57. The van der Waals surface area contributed by atoms with Gasteiger partial charge in [0.15, 0.2) is 6.10 Å². The van der Waals surface area contributed by atoms with Crippen molar-refractivity contribution in [1.82, 2.24) is 0 Å². The minimum absolute atomic E-state index is 0.0699. The van der Waals surface area contributed by atoms with E-state index in [0.29, 0.717) is 5.69 Å². The van der Waals surface area contributed by atoms with Gasteiger partial charge in [-0.15, -0.1) is 0 Å². The van der Waals surface area contributed by atoms with E-state index in [4.69, 9.17) is 4.74 Å². The van der Waals surface area contributed by atoms with Gasteiger partial charge in [0.2, 0.25) is 0 Å². The van der Waals surface area contributed by atoms with E-state index < -0.39 is 23.8 Å². The van der Waals surface area contributed by atoms with Crippen LogP contribution in [0.15, 0.2) is 48.5 Å². The molecule has 1 aliphatic heterocycles. The van der Waals surface area contributed by atoms with Crippen LogP contribution in [0.5, 0.6) is 0 Å². The number of carbonyl (C=O) groups excluding carboxylic acids is 2. The van der Waals surface area contributed by atoms with Crippen LogP contribution < -0.4 is 10.2 Å². The van der Waals surface area contributed by atoms with Crippen molar-refractivity contribution >= 4 is 23.3 Å². The molecule has 6 heteroatoms. The molecule has 0 unspecified atom stereocenters. The van der Waals surface area contributed by atoms with E-state index in [1.165, 1.54) is 44.4 Å². The highest BCUT2D eigenvalue weighted by Gasteiger charge is 2.19. The summed E-state index contributed by atoms with van der Waals surface area (Å²) in [6.45, 7) is 3.59. The lowest BCUT2D eigenvalue weighted by atomic mass is 10.1. The first-order valence-electron chi connectivity index (χ1n) is 9.15. The zero-order chi connectivity index (χ0) is 19.2. The molecule has 1 fully saturated rings. The molecule has 0 radical (unpaired) electrons. The van der Waals surface area contributed by atoms with Crippen LogP contribution >= 0.6 is 0 Å². The number of nitrogens with one attached hydrogen (secondary N) is 1. The Hall–Kier alpha value is -2.89. The first-order chi connectivity index (χ1) is 13.0. The van der Waals surface area contributed by atoms with Crippen molar-refractivity contribution < 1.29 is 18.7 Å². The summed E-state index contributed by atoms with van der Waals surface area (Å²) in [5.41, 5.74) is 1.84. The Kier molecular flexibility index (Phi) is 6.06. The smallest absolute Gasteiger partial charge is 0.339 e. The summed E-state index contributed by atoms with van der Waals surface area (Å²) in [5, 5.41) is 2.73. The number of nitrogens with zero attached hydrogens (tertiary/aromatic N) is 1. The van der Waals surface area contributed by atoms with Crippen LogP contribution in [-0.4, -0.2) is 31.1 Å². The number of benzene rings is 2. The van der Waals surface area contributed by atoms with Crippen LogP contribution in [0.4, 0.5) is 15.8 Å². The number of amides is 1. The SMILES string of the molecule is C[C@@H](OC(=O)c1cccc(F)c1)C(=O)Nc1ccc(N2CCCCC2)cc1. The molecule has 27 heavy (non-hydrogen) atoms. The van der Waals surface area contributed by atoms with Crippen molar-refractivity contribution in [3.05, 3.63) is 59.9 Å². The van der Waals surface area contributed by atoms with E-state index in [1.54, 1.807) is 0 Å². The van der Waals surface area contributed by atoms with Crippen molar-refractivity contribution in [2.75, 3.05) is 23.3 Å². The van der Waals surface area contributed by atoms with Crippen molar-refractivity contribution in [3.8, 4) is 0 Å². The molecule has 1 heterocycles. The third kappa shape index (κ3) is 5.06. The van der Waals surface area contributed by atoms with Crippen molar-refractivity contribution in [3.63, 3.8) is 0 Å². The quantitative estimate of drug-likeness (QED) is 0.808. The van der Waals surface area contributed by atoms with E-state index in [2.05, 4.69) is 10.2 Å². The van der Waals surface area contributed by atoms with Crippen molar-refractivity contribution in [1.29, 1.82) is 0 Å². The Morgan fingerprint density at radius 2 is 1.78 bits per heavy atom. The number of hydrogen-bond acceptors (Lipinski definition) is 4. The Balaban J connectivity index is 1.55. The summed E-state index contributed by atoms with van der Waals surface area (Å²) < 4.78 is 18.3. The van der Waals surface area contributed by atoms with Crippen LogP contribution in [0, 0.1) is 5.82 Å². The maximum atomic E-state index is 13.2. The molecule has 2 aromatic rings. The minimum Gasteiger partial charge on any atom is -0.449 e. The maximum absolute atomic E-state index is 13.2. The second kappa shape index (κ2) is 8.66. The standard InChI is InChI=1S/C21H23FN2O3/c1-15(27-21(26)16-6-5-7-17(22)14-16)20(25)23-18-8-10-19(11-9-18)24-12-3-2-4-13-24/h5-11,14-15H,2-4,12-13H2,1H3,(H,23,25)/t15-/m1/s1. The van der Waals surface area contributed by atoms with E-state index in [0.717, 1.165) is 24.8 Å². The van der Waals surface area contributed by atoms with Gasteiger partial charge in [0.1, 0.15) is 5.82 Å². The van der Waals surface area contributed by atoms with Crippen LogP contribution in [0.3, 0.4) is 0 Å². The molecule has 1 saturated heterocycles. The second-order valence-corrected chi connectivity index (χ2v) is 6.64. The minimum atomic E-state index is -0.998. The summed E-state index contributed by atoms with van der Waals surface area (Å²) in [6.07, 6.45) is 2.68. The predicted molar refractivity (Wildman–Crippen MR) is 102 cm³/mol. The number of hydrogen-bond donors (Lipinski definition) is 1. The Bertz CT molecular complexity index is 801. The van der Waals surface area contributed by atoms with E-state index in [1.807, 2.05) is 24.3 Å². The van der Waals surface area contributed by atoms with Crippen molar-refractivity contribution in [2.45, 2.75) is 32.3 Å². The largest absolute Gasteiger partial charge is 0.449 e. The molecule has 1 N–H and O–H groups in total. The number of carbonyl (C=O) groups is 2. The highest BCUT2D eigenvalue weighted by molar-refractivity contribution is 5.97. The third-order valence-corrected chi connectivity index (χ3v) is 4.57. The van der Waals surface area contributed by atoms with E-state index in [-0.39, 0.29) is 5.56 Å². The summed E-state index contributed by atoms with van der Waals surface area (Å²) in [4.78, 5) is 26.6. The fourth-order valence-corrected chi connectivity index (χ4v) is 3.05. The molecule has 5 nitrogen and oxygen atoms in total. The zero-order valence-corrected chi connectivity index (χ0v) is 15.3. The van der Waals surface area contributed by atoms with Gasteiger partial charge in [0, 0.05) is 24.5 Å². The molecule has 0 saturated carbocycles. The van der Waals surface area contributed by atoms with Crippen molar-refractivity contribution in [2.24, 2.45) is 0 Å². The summed E-state index contributed by atoms with van der Waals surface area (Å²) in [6, 6.07) is 12.8. The lowest BCUT2D eigenvalue weighted by molar-refractivity contribution is -0.123. The van der Waals surface area contributed by atoms with Crippen LogP contribution in [0.25, 0.3) is 0 Å². The Morgan fingerprint density at radius 3 is 2.44 bits per heavy atom. The molecule has 0 bridgehead atoms. The van der Waals surface area contributed by atoms with Gasteiger partial charge in [-0.25, -0.2) is 9.18 Å². The molecule has 0 aromatic heterocycles. The summed E-state index contributed by atoms with van der Waals surface area (Å²) in [5.74, 6) is -1.71. The average molecular weight is 370 g/mol. The van der Waals surface area contributed by atoms with Crippen LogP contribution in [-0.2, 0) is 9.53 Å².